The molecular weight excluding hydrogens is 394 g/mol. The van der Waals surface area contributed by atoms with E-state index in [1.165, 1.54) is 12.1 Å². The summed E-state index contributed by atoms with van der Waals surface area (Å²) in [7, 11) is 0. The number of rotatable bonds is 1. The molecular formula is C16H11BrF2N6. The SMILES string of the molecule is Cc1[nH]nc2c1N=C(c1c(F)ccc(Br)c1F)N1CCn3ncc-2c31. The highest BCUT2D eigenvalue weighted by Crippen LogP contribution is 2.43. The minimum absolute atomic E-state index is 0.163. The molecule has 9 heteroatoms. The number of aryl methyl sites for hydroxylation is 1. The molecule has 0 radical (unpaired) electrons. The second kappa shape index (κ2) is 4.98. The maximum Gasteiger partial charge on any atom is 0.151 e. The summed E-state index contributed by atoms with van der Waals surface area (Å²) in [6.45, 7) is 2.98. The summed E-state index contributed by atoms with van der Waals surface area (Å²) in [5.41, 5.74) is 2.56. The molecule has 2 aliphatic heterocycles. The first-order valence-electron chi connectivity index (χ1n) is 7.67. The summed E-state index contributed by atoms with van der Waals surface area (Å²) < 4.78 is 31.3. The molecule has 0 saturated carbocycles. The van der Waals surface area contributed by atoms with Gasteiger partial charge in [0.25, 0.3) is 0 Å². The fourth-order valence-electron chi connectivity index (χ4n) is 3.34. The van der Waals surface area contributed by atoms with Gasteiger partial charge in [-0.15, -0.1) is 0 Å². The normalized spacial score (nSPS) is 15.0. The van der Waals surface area contributed by atoms with Crippen LogP contribution in [0.1, 0.15) is 11.3 Å². The van der Waals surface area contributed by atoms with Crippen molar-refractivity contribution in [3.63, 3.8) is 0 Å². The topological polar surface area (TPSA) is 62.1 Å². The van der Waals surface area contributed by atoms with Gasteiger partial charge < -0.3 is 4.90 Å². The first-order valence-corrected chi connectivity index (χ1v) is 8.47. The zero-order valence-electron chi connectivity index (χ0n) is 13.0. The lowest BCUT2D eigenvalue weighted by molar-refractivity contribution is 0.574. The van der Waals surface area contributed by atoms with Gasteiger partial charge in [0.1, 0.15) is 28.9 Å². The van der Waals surface area contributed by atoms with Gasteiger partial charge in [-0.1, -0.05) is 0 Å². The predicted molar refractivity (Wildman–Crippen MR) is 92.1 cm³/mol. The van der Waals surface area contributed by atoms with E-state index in [1.807, 2.05) is 6.92 Å². The number of benzene rings is 1. The zero-order valence-corrected chi connectivity index (χ0v) is 14.6. The molecule has 3 aromatic rings. The highest BCUT2D eigenvalue weighted by Gasteiger charge is 2.36. The van der Waals surface area contributed by atoms with Crippen molar-refractivity contribution in [2.24, 2.45) is 4.99 Å². The molecule has 126 valence electrons. The Hall–Kier alpha value is -2.55. The van der Waals surface area contributed by atoms with E-state index < -0.39 is 11.6 Å². The number of nitrogens with zero attached hydrogens (tertiary/aromatic N) is 5. The smallest absolute Gasteiger partial charge is 0.151 e. The average Bonchev–Trinajstić information content (AvgIpc) is 3.24. The fourth-order valence-corrected chi connectivity index (χ4v) is 3.67. The quantitative estimate of drug-likeness (QED) is 0.631. The predicted octanol–water partition coefficient (Wildman–Crippen LogP) is 3.53. The van der Waals surface area contributed by atoms with E-state index in [9.17, 15) is 8.78 Å². The monoisotopic (exact) mass is 404 g/mol. The molecule has 0 aliphatic carbocycles. The van der Waals surface area contributed by atoms with Crippen LogP contribution in [0.5, 0.6) is 0 Å². The van der Waals surface area contributed by atoms with Crippen molar-refractivity contribution in [2.75, 3.05) is 11.4 Å². The van der Waals surface area contributed by atoms with Crippen LogP contribution >= 0.6 is 15.9 Å². The summed E-state index contributed by atoms with van der Waals surface area (Å²) in [5.74, 6) is -0.366. The van der Waals surface area contributed by atoms with Gasteiger partial charge in [-0.25, -0.2) is 18.5 Å². The lowest BCUT2D eigenvalue weighted by atomic mass is 10.1. The molecule has 0 fully saturated rings. The van der Waals surface area contributed by atoms with Gasteiger partial charge in [-0.2, -0.15) is 10.2 Å². The Bertz CT molecular complexity index is 1070. The Labute approximate surface area is 149 Å². The highest BCUT2D eigenvalue weighted by molar-refractivity contribution is 9.10. The third-order valence-corrected chi connectivity index (χ3v) is 5.13. The molecule has 0 saturated heterocycles. The Morgan fingerprint density at radius 2 is 2.08 bits per heavy atom. The minimum Gasteiger partial charge on any atom is -0.308 e. The molecule has 0 bridgehead atoms. The van der Waals surface area contributed by atoms with Gasteiger partial charge in [-0.3, -0.25) is 5.10 Å². The summed E-state index contributed by atoms with van der Waals surface area (Å²) in [4.78, 5) is 6.41. The van der Waals surface area contributed by atoms with Crippen molar-refractivity contribution < 1.29 is 8.78 Å². The molecule has 1 aromatic carbocycles. The van der Waals surface area contributed by atoms with Crippen molar-refractivity contribution >= 4 is 33.3 Å². The average molecular weight is 405 g/mol. The first kappa shape index (κ1) is 14.8. The number of amidine groups is 1. The van der Waals surface area contributed by atoms with Crippen LogP contribution in [-0.4, -0.2) is 32.4 Å². The third kappa shape index (κ3) is 1.89. The van der Waals surface area contributed by atoms with Gasteiger partial charge in [0.15, 0.2) is 5.82 Å². The lowest BCUT2D eigenvalue weighted by Crippen LogP contribution is -2.31. The summed E-state index contributed by atoms with van der Waals surface area (Å²) in [5, 5.41) is 11.6. The standard InChI is InChI=1S/C16H11BrF2N6/c1-7-13-14(23-22-7)8-6-20-25-5-4-24(16(8)25)15(21-13)11-10(18)3-2-9(17)12(11)19/h2-3,6H,4-5H2,1H3,(H,22,23). The summed E-state index contributed by atoms with van der Waals surface area (Å²) in [6, 6.07) is 2.58. The van der Waals surface area contributed by atoms with Gasteiger partial charge in [0.05, 0.1) is 34.0 Å². The number of aromatic amines is 1. The van der Waals surface area contributed by atoms with Crippen LogP contribution in [0.15, 0.2) is 27.8 Å². The van der Waals surface area contributed by atoms with E-state index in [4.69, 9.17) is 0 Å². The maximum atomic E-state index is 14.8. The van der Waals surface area contributed by atoms with Crippen molar-refractivity contribution in [3.05, 3.63) is 45.7 Å². The molecule has 25 heavy (non-hydrogen) atoms. The van der Waals surface area contributed by atoms with Crippen molar-refractivity contribution in [1.29, 1.82) is 0 Å². The molecule has 0 spiro atoms. The highest BCUT2D eigenvalue weighted by atomic mass is 79.9. The van der Waals surface area contributed by atoms with Crippen molar-refractivity contribution in [2.45, 2.75) is 13.5 Å². The number of H-pyrrole nitrogens is 1. The van der Waals surface area contributed by atoms with Gasteiger partial charge in [0.2, 0.25) is 0 Å². The van der Waals surface area contributed by atoms with E-state index in [-0.39, 0.29) is 15.9 Å². The Morgan fingerprint density at radius 3 is 2.92 bits per heavy atom. The number of hydrogen-bond acceptors (Lipinski definition) is 4. The molecule has 0 unspecified atom stereocenters. The molecule has 2 aliphatic rings. The van der Waals surface area contributed by atoms with Gasteiger partial charge in [-0.05, 0) is 35.0 Å². The van der Waals surface area contributed by atoms with E-state index in [0.717, 1.165) is 17.1 Å². The van der Waals surface area contributed by atoms with E-state index >= 15 is 0 Å². The van der Waals surface area contributed by atoms with Crippen molar-refractivity contribution in [3.8, 4) is 11.3 Å². The van der Waals surface area contributed by atoms with E-state index in [0.29, 0.717) is 24.5 Å². The van der Waals surface area contributed by atoms with E-state index in [1.54, 1.807) is 15.8 Å². The number of aliphatic imine (C=N–C) groups is 1. The molecule has 2 aromatic heterocycles. The number of halogens is 3. The van der Waals surface area contributed by atoms with Crippen LogP contribution in [-0.2, 0) is 6.54 Å². The second-order valence-electron chi connectivity index (χ2n) is 5.96. The fraction of sp³-hybridized carbons (Fsp3) is 0.188. The molecule has 5 rings (SSSR count). The van der Waals surface area contributed by atoms with Gasteiger partial charge >= 0.3 is 0 Å². The minimum atomic E-state index is -0.678. The van der Waals surface area contributed by atoms with Gasteiger partial charge in [0, 0.05) is 6.54 Å². The first-order chi connectivity index (χ1) is 12.1. The number of fused-ring (bicyclic) bond motifs is 2. The second-order valence-corrected chi connectivity index (χ2v) is 6.81. The number of aromatic nitrogens is 4. The van der Waals surface area contributed by atoms with Crippen LogP contribution in [0.2, 0.25) is 0 Å². The summed E-state index contributed by atoms with van der Waals surface area (Å²) >= 11 is 3.13. The van der Waals surface area contributed by atoms with Crippen LogP contribution < -0.4 is 4.90 Å². The third-order valence-electron chi connectivity index (χ3n) is 4.51. The molecule has 6 nitrogen and oxygen atoms in total. The lowest BCUT2D eigenvalue weighted by Gasteiger charge is -2.20. The number of nitrogens with one attached hydrogen (secondary N) is 1. The summed E-state index contributed by atoms with van der Waals surface area (Å²) in [6.07, 6.45) is 1.71. The molecule has 0 atom stereocenters. The molecule has 1 N–H and O–H groups in total. The van der Waals surface area contributed by atoms with Crippen LogP contribution in [0.4, 0.5) is 20.3 Å². The number of hydrogen-bond donors (Lipinski definition) is 1. The Morgan fingerprint density at radius 1 is 1.24 bits per heavy atom. The van der Waals surface area contributed by atoms with Crippen LogP contribution in [0.25, 0.3) is 11.3 Å². The van der Waals surface area contributed by atoms with Crippen molar-refractivity contribution in [1.82, 2.24) is 20.0 Å². The maximum absolute atomic E-state index is 14.8. The van der Waals surface area contributed by atoms with E-state index in [2.05, 4.69) is 36.2 Å². The number of anilines is 1. The largest absolute Gasteiger partial charge is 0.308 e. The Kier molecular flexibility index (Phi) is 2.94. The Balaban J connectivity index is 1.87. The molecule has 0 amide bonds. The van der Waals surface area contributed by atoms with Crippen LogP contribution in [0.3, 0.4) is 0 Å². The van der Waals surface area contributed by atoms with Crippen LogP contribution in [0, 0.1) is 18.6 Å². The zero-order chi connectivity index (χ0) is 17.3. The molecule has 4 heterocycles.